The molecule has 1 aromatic heterocycles. The Labute approximate surface area is 248 Å². The minimum atomic E-state index is -1.95. The summed E-state index contributed by atoms with van der Waals surface area (Å²) in [6.45, 7) is 1.95. The van der Waals surface area contributed by atoms with Gasteiger partial charge in [-0.1, -0.05) is 66.7 Å². The van der Waals surface area contributed by atoms with Crippen LogP contribution in [-0.4, -0.2) is 36.4 Å². The number of aromatic nitrogens is 2. The molecule has 0 radical (unpaired) electrons. The molecule has 7 rings (SSSR count). The third kappa shape index (κ3) is 3.59. The Morgan fingerprint density at radius 2 is 1.56 bits per heavy atom. The van der Waals surface area contributed by atoms with Gasteiger partial charge in [0.25, 0.3) is 5.56 Å². The van der Waals surface area contributed by atoms with Crippen LogP contribution in [0.1, 0.15) is 39.4 Å². The van der Waals surface area contributed by atoms with Crippen LogP contribution in [0.25, 0.3) is 11.4 Å². The fourth-order valence-electron chi connectivity index (χ4n) is 6.79. The summed E-state index contributed by atoms with van der Waals surface area (Å²) in [4.78, 5) is 22.4. The van der Waals surface area contributed by atoms with Gasteiger partial charge in [0.2, 0.25) is 0 Å². The molecule has 4 aromatic carbocycles. The summed E-state index contributed by atoms with van der Waals surface area (Å²) < 4.78 is 23.9. The van der Waals surface area contributed by atoms with Crippen LogP contribution in [0.2, 0.25) is 0 Å². The molecule has 1 aliphatic heterocycles. The van der Waals surface area contributed by atoms with Crippen LogP contribution in [0.5, 0.6) is 23.0 Å². The number of nitrogens with one attached hydrogen (secondary N) is 1. The molecule has 1 aliphatic carbocycles. The van der Waals surface area contributed by atoms with Gasteiger partial charge in [-0.25, -0.2) is 4.98 Å². The lowest BCUT2D eigenvalue weighted by atomic mass is 9.70. The van der Waals surface area contributed by atoms with Crippen LogP contribution in [0.4, 0.5) is 0 Å². The molecular weight excluding hydrogens is 544 g/mol. The highest BCUT2D eigenvalue weighted by molar-refractivity contribution is 5.70. The number of H-pyrrole nitrogens is 1. The van der Waals surface area contributed by atoms with Crippen LogP contribution in [0.3, 0.4) is 0 Å². The van der Waals surface area contributed by atoms with Crippen molar-refractivity contribution >= 4 is 0 Å². The zero-order valence-corrected chi connectivity index (χ0v) is 24.2. The minimum absolute atomic E-state index is 0.210. The summed E-state index contributed by atoms with van der Waals surface area (Å²) in [5.74, 6) is 1.47. The molecular formula is C35H30N2O6. The first kappa shape index (κ1) is 26.8. The predicted octanol–water partition coefficient (Wildman–Crippen LogP) is 5.44. The van der Waals surface area contributed by atoms with E-state index in [1.165, 1.54) is 7.11 Å². The van der Waals surface area contributed by atoms with E-state index in [9.17, 15) is 9.90 Å². The Bertz CT molecular complexity index is 1920. The first-order chi connectivity index (χ1) is 20.9. The molecule has 0 fully saturated rings. The third-order valence-corrected chi connectivity index (χ3v) is 8.71. The Hall–Kier alpha value is -5.08. The monoisotopic (exact) mass is 574 g/mol. The number of fused-ring (bicyclic) bond motifs is 5. The van der Waals surface area contributed by atoms with E-state index in [4.69, 9.17) is 23.9 Å². The molecule has 3 atom stereocenters. The van der Waals surface area contributed by atoms with Gasteiger partial charge in [-0.15, -0.1) is 0 Å². The molecule has 3 unspecified atom stereocenters. The quantitative estimate of drug-likeness (QED) is 0.278. The highest BCUT2D eigenvalue weighted by Gasteiger charge is 2.73. The van der Waals surface area contributed by atoms with E-state index in [0.29, 0.717) is 45.5 Å². The number of aliphatic hydroxyl groups is 1. The summed E-state index contributed by atoms with van der Waals surface area (Å²) in [6.07, 6.45) is 0. The van der Waals surface area contributed by atoms with Crippen molar-refractivity contribution in [3.8, 4) is 34.4 Å². The molecule has 0 amide bonds. The number of aryl methyl sites for hydroxylation is 1. The SMILES string of the molecule is COc1ccc(C23Oc4cc(OC)cc(OC)c4C2(O)c2nc(-c4ccccc4C)[nH]c(=O)c2C3c2ccccc2)cc1. The predicted molar refractivity (Wildman–Crippen MR) is 161 cm³/mol. The van der Waals surface area contributed by atoms with Gasteiger partial charge in [-0.2, -0.15) is 0 Å². The molecule has 43 heavy (non-hydrogen) atoms. The molecule has 216 valence electrons. The number of rotatable bonds is 6. The van der Waals surface area contributed by atoms with Crippen molar-refractivity contribution in [2.24, 2.45) is 0 Å². The van der Waals surface area contributed by atoms with Crippen molar-refractivity contribution in [3.05, 3.63) is 135 Å². The van der Waals surface area contributed by atoms with E-state index in [-0.39, 0.29) is 11.3 Å². The number of hydrogen-bond acceptors (Lipinski definition) is 7. The molecule has 5 aromatic rings. The first-order valence-electron chi connectivity index (χ1n) is 14.0. The zero-order valence-electron chi connectivity index (χ0n) is 24.2. The Morgan fingerprint density at radius 3 is 2.23 bits per heavy atom. The topological polar surface area (TPSA) is 103 Å². The number of benzene rings is 4. The van der Waals surface area contributed by atoms with E-state index >= 15 is 0 Å². The van der Waals surface area contributed by atoms with E-state index < -0.39 is 17.1 Å². The van der Waals surface area contributed by atoms with E-state index in [0.717, 1.165) is 16.7 Å². The summed E-state index contributed by atoms with van der Waals surface area (Å²) in [6, 6.07) is 28.0. The number of hydrogen-bond donors (Lipinski definition) is 2. The lowest BCUT2D eigenvalue weighted by Gasteiger charge is -2.40. The maximum absolute atomic E-state index is 14.3. The standard InChI is InChI=1S/C35H30N2O6/c1-20-10-8-9-13-25(20)32-36-31-28(33(38)37-32)29(21-11-6-5-7-12-21)35(22-14-16-23(40-2)17-15-22)34(31,39)30-26(42-4)18-24(41-3)19-27(30)43-35/h5-19,29,39H,1-4H3,(H,36,37,38). The number of ether oxygens (including phenoxy) is 4. The fraction of sp³-hybridized carbons (Fsp3) is 0.200. The smallest absolute Gasteiger partial charge is 0.255 e. The molecule has 2 heterocycles. The van der Waals surface area contributed by atoms with Crippen molar-refractivity contribution < 1.29 is 24.1 Å². The van der Waals surface area contributed by atoms with Gasteiger partial charge < -0.3 is 29.0 Å². The van der Waals surface area contributed by atoms with Gasteiger partial charge in [0.05, 0.1) is 44.1 Å². The van der Waals surface area contributed by atoms with Crippen molar-refractivity contribution in [1.29, 1.82) is 0 Å². The summed E-state index contributed by atoms with van der Waals surface area (Å²) in [5.41, 5.74) is 0.164. The van der Waals surface area contributed by atoms with Gasteiger partial charge in [0, 0.05) is 23.3 Å². The normalized spacial score (nSPS) is 21.4. The lowest BCUT2D eigenvalue weighted by molar-refractivity contribution is -0.0909. The van der Waals surface area contributed by atoms with Gasteiger partial charge in [0.1, 0.15) is 28.8 Å². The average molecular weight is 575 g/mol. The van der Waals surface area contributed by atoms with Crippen LogP contribution in [-0.2, 0) is 11.2 Å². The first-order valence-corrected chi connectivity index (χ1v) is 14.0. The summed E-state index contributed by atoms with van der Waals surface area (Å²) >= 11 is 0. The average Bonchev–Trinajstić information content (AvgIpc) is 3.43. The Morgan fingerprint density at radius 1 is 0.860 bits per heavy atom. The maximum atomic E-state index is 14.3. The van der Waals surface area contributed by atoms with Crippen LogP contribution < -0.4 is 24.5 Å². The van der Waals surface area contributed by atoms with E-state index in [1.54, 1.807) is 26.4 Å². The van der Waals surface area contributed by atoms with Gasteiger partial charge in [-0.05, 0) is 30.2 Å². The van der Waals surface area contributed by atoms with E-state index in [1.807, 2.05) is 85.8 Å². The molecule has 8 heteroatoms. The molecule has 0 saturated heterocycles. The second-order valence-electron chi connectivity index (χ2n) is 10.8. The molecule has 0 spiro atoms. The summed E-state index contributed by atoms with van der Waals surface area (Å²) in [5, 5.41) is 13.4. The highest BCUT2D eigenvalue weighted by atomic mass is 16.5. The molecule has 0 saturated carbocycles. The lowest BCUT2D eigenvalue weighted by Crippen LogP contribution is -2.49. The van der Waals surface area contributed by atoms with Crippen molar-refractivity contribution in [2.75, 3.05) is 21.3 Å². The maximum Gasteiger partial charge on any atom is 0.255 e. The molecule has 2 aliphatic rings. The molecule has 2 N–H and O–H groups in total. The van der Waals surface area contributed by atoms with Crippen molar-refractivity contribution in [2.45, 2.75) is 24.0 Å². The molecule has 0 bridgehead atoms. The van der Waals surface area contributed by atoms with Gasteiger partial charge in [0.15, 0.2) is 11.2 Å². The third-order valence-electron chi connectivity index (χ3n) is 8.71. The number of methoxy groups -OCH3 is 3. The molecule has 8 nitrogen and oxygen atoms in total. The largest absolute Gasteiger partial charge is 0.497 e. The van der Waals surface area contributed by atoms with E-state index in [2.05, 4.69) is 4.98 Å². The zero-order chi connectivity index (χ0) is 29.9. The van der Waals surface area contributed by atoms with Gasteiger partial charge >= 0.3 is 0 Å². The number of nitrogens with zero attached hydrogens (tertiary/aromatic N) is 1. The van der Waals surface area contributed by atoms with Crippen molar-refractivity contribution in [3.63, 3.8) is 0 Å². The van der Waals surface area contributed by atoms with Crippen LogP contribution >= 0.6 is 0 Å². The van der Waals surface area contributed by atoms with Crippen molar-refractivity contribution in [1.82, 2.24) is 9.97 Å². The summed E-state index contributed by atoms with van der Waals surface area (Å²) in [7, 11) is 4.68. The second kappa shape index (κ2) is 9.74. The van der Waals surface area contributed by atoms with Gasteiger partial charge in [-0.3, -0.25) is 4.79 Å². The Balaban J connectivity index is 1.64. The van der Waals surface area contributed by atoms with Crippen LogP contribution in [0, 0.1) is 6.92 Å². The second-order valence-corrected chi connectivity index (χ2v) is 10.8. The highest BCUT2D eigenvalue weighted by Crippen LogP contribution is 2.69. The number of aromatic amines is 1. The fourth-order valence-corrected chi connectivity index (χ4v) is 6.79. The minimum Gasteiger partial charge on any atom is -0.497 e. The van der Waals surface area contributed by atoms with Crippen LogP contribution in [0.15, 0.2) is 95.8 Å². The Kier molecular flexibility index (Phi) is 6.07.